The van der Waals surface area contributed by atoms with Crippen LogP contribution in [0.15, 0.2) is 42.9 Å². The van der Waals surface area contributed by atoms with Gasteiger partial charge in [0.05, 0.1) is 17.3 Å². The lowest BCUT2D eigenvalue weighted by Crippen LogP contribution is -2.00. The number of rotatable bonds is 1. The standard InChI is InChI=1S/C16H11N3O2/c1-11-13(3-2-4-14(11)16(20)21)6-5-12-9-17-15-7-8-18-19(15)10-12/h2-4,7-10H,1H3,(H,20,21). The molecule has 0 fully saturated rings. The van der Waals surface area contributed by atoms with Crippen LogP contribution >= 0.6 is 0 Å². The lowest BCUT2D eigenvalue weighted by Gasteiger charge is -2.02. The maximum absolute atomic E-state index is 11.1. The minimum Gasteiger partial charge on any atom is -0.478 e. The van der Waals surface area contributed by atoms with Crippen LogP contribution in [-0.2, 0) is 0 Å². The molecule has 3 rings (SSSR count). The molecule has 2 heterocycles. The van der Waals surface area contributed by atoms with Crippen LogP contribution in [-0.4, -0.2) is 25.7 Å². The predicted octanol–water partition coefficient (Wildman–Crippen LogP) is 2.14. The molecule has 0 bridgehead atoms. The summed E-state index contributed by atoms with van der Waals surface area (Å²) in [7, 11) is 0. The van der Waals surface area contributed by atoms with Gasteiger partial charge in [-0.15, -0.1) is 0 Å². The molecule has 2 aromatic heterocycles. The first kappa shape index (κ1) is 12.9. The van der Waals surface area contributed by atoms with Gasteiger partial charge >= 0.3 is 5.97 Å². The van der Waals surface area contributed by atoms with Gasteiger partial charge in [0.25, 0.3) is 0 Å². The lowest BCUT2D eigenvalue weighted by molar-refractivity contribution is 0.0696. The quantitative estimate of drug-likeness (QED) is 0.692. The fraction of sp³-hybridized carbons (Fsp3) is 0.0625. The van der Waals surface area contributed by atoms with E-state index < -0.39 is 5.97 Å². The van der Waals surface area contributed by atoms with Crippen molar-refractivity contribution in [2.45, 2.75) is 6.92 Å². The first-order valence-corrected chi connectivity index (χ1v) is 6.29. The number of hydrogen-bond acceptors (Lipinski definition) is 3. The second-order valence-corrected chi connectivity index (χ2v) is 4.51. The molecule has 0 unspecified atom stereocenters. The minimum atomic E-state index is -0.948. The van der Waals surface area contributed by atoms with Crippen molar-refractivity contribution in [1.82, 2.24) is 14.6 Å². The SMILES string of the molecule is Cc1c(C#Cc2cnc3ccnn3c2)cccc1C(=O)O. The molecule has 1 aromatic carbocycles. The summed E-state index contributed by atoms with van der Waals surface area (Å²) in [4.78, 5) is 15.3. The fourth-order valence-electron chi connectivity index (χ4n) is 2.02. The molecule has 0 aliphatic rings. The molecule has 5 nitrogen and oxygen atoms in total. The zero-order valence-corrected chi connectivity index (χ0v) is 11.2. The third kappa shape index (κ3) is 2.47. The van der Waals surface area contributed by atoms with Crippen LogP contribution < -0.4 is 0 Å². The summed E-state index contributed by atoms with van der Waals surface area (Å²) in [6.45, 7) is 1.75. The summed E-state index contributed by atoms with van der Waals surface area (Å²) in [5.41, 5.74) is 3.08. The highest BCUT2D eigenvalue weighted by atomic mass is 16.4. The molecule has 0 aliphatic carbocycles. The van der Waals surface area contributed by atoms with Crippen molar-refractivity contribution >= 4 is 11.6 Å². The van der Waals surface area contributed by atoms with E-state index in [2.05, 4.69) is 21.9 Å². The molecule has 0 atom stereocenters. The average Bonchev–Trinajstić information content (AvgIpc) is 2.93. The molecule has 0 spiro atoms. The van der Waals surface area contributed by atoms with E-state index in [-0.39, 0.29) is 5.56 Å². The maximum Gasteiger partial charge on any atom is 0.335 e. The van der Waals surface area contributed by atoms with Gasteiger partial charge in [0.15, 0.2) is 5.65 Å². The van der Waals surface area contributed by atoms with Gasteiger partial charge in [-0.2, -0.15) is 5.10 Å². The Morgan fingerprint density at radius 1 is 1.29 bits per heavy atom. The Labute approximate surface area is 120 Å². The van der Waals surface area contributed by atoms with Crippen LogP contribution in [0.1, 0.15) is 27.0 Å². The Hall–Kier alpha value is -3.13. The summed E-state index contributed by atoms with van der Waals surface area (Å²) in [5, 5.41) is 13.2. The van der Waals surface area contributed by atoms with Gasteiger partial charge < -0.3 is 5.11 Å². The summed E-state index contributed by atoms with van der Waals surface area (Å²) in [6, 6.07) is 6.86. The Kier molecular flexibility index (Phi) is 3.13. The predicted molar refractivity (Wildman–Crippen MR) is 77.1 cm³/mol. The number of aromatic carboxylic acids is 1. The van der Waals surface area contributed by atoms with Gasteiger partial charge in [0.1, 0.15) is 0 Å². The third-order valence-corrected chi connectivity index (χ3v) is 3.15. The molecule has 0 saturated heterocycles. The number of nitrogens with zero attached hydrogens (tertiary/aromatic N) is 3. The minimum absolute atomic E-state index is 0.266. The topological polar surface area (TPSA) is 67.5 Å². The van der Waals surface area contributed by atoms with E-state index in [9.17, 15) is 4.79 Å². The van der Waals surface area contributed by atoms with Gasteiger partial charge in [0.2, 0.25) is 0 Å². The van der Waals surface area contributed by atoms with E-state index in [1.54, 1.807) is 54.3 Å². The zero-order valence-electron chi connectivity index (χ0n) is 11.2. The third-order valence-electron chi connectivity index (χ3n) is 3.15. The van der Waals surface area contributed by atoms with Crippen LogP contribution in [0.2, 0.25) is 0 Å². The molecular formula is C16H11N3O2. The number of hydrogen-bond donors (Lipinski definition) is 1. The first-order valence-electron chi connectivity index (χ1n) is 6.29. The number of benzene rings is 1. The molecule has 3 aromatic rings. The summed E-state index contributed by atoms with van der Waals surface area (Å²) >= 11 is 0. The van der Waals surface area contributed by atoms with Crippen LogP contribution in [0.4, 0.5) is 0 Å². The normalized spacial score (nSPS) is 10.1. The maximum atomic E-state index is 11.1. The van der Waals surface area contributed by atoms with Crippen molar-refractivity contribution in [3.63, 3.8) is 0 Å². The molecule has 0 saturated carbocycles. The smallest absolute Gasteiger partial charge is 0.335 e. The van der Waals surface area contributed by atoms with E-state index in [1.165, 1.54) is 0 Å². The molecule has 5 heteroatoms. The number of fused-ring (bicyclic) bond motifs is 1. The van der Waals surface area contributed by atoms with Gasteiger partial charge in [-0.1, -0.05) is 17.9 Å². The van der Waals surface area contributed by atoms with E-state index in [0.29, 0.717) is 16.7 Å². The highest BCUT2D eigenvalue weighted by Gasteiger charge is 2.08. The van der Waals surface area contributed by atoms with Crippen molar-refractivity contribution in [3.05, 3.63) is 65.1 Å². The van der Waals surface area contributed by atoms with Crippen molar-refractivity contribution in [1.29, 1.82) is 0 Å². The van der Waals surface area contributed by atoms with Gasteiger partial charge in [-0.25, -0.2) is 14.3 Å². The average molecular weight is 277 g/mol. The van der Waals surface area contributed by atoms with Gasteiger partial charge in [-0.3, -0.25) is 0 Å². The second-order valence-electron chi connectivity index (χ2n) is 4.51. The van der Waals surface area contributed by atoms with Gasteiger partial charge in [-0.05, 0) is 24.6 Å². The highest BCUT2D eigenvalue weighted by Crippen LogP contribution is 2.13. The number of carboxylic acid groups (broad SMARTS) is 1. The summed E-state index contributed by atoms with van der Waals surface area (Å²) < 4.78 is 1.64. The molecular weight excluding hydrogens is 266 g/mol. The largest absolute Gasteiger partial charge is 0.478 e. The second kappa shape index (κ2) is 5.10. The Bertz CT molecular complexity index is 901. The van der Waals surface area contributed by atoms with Gasteiger partial charge in [0, 0.05) is 24.0 Å². The first-order chi connectivity index (χ1) is 10.1. The highest BCUT2D eigenvalue weighted by molar-refractivity contribution is 5.90. The molecule has 0 radical (unpaired) electrons. The molecule has 0 amide bonds. The van der Waals surface area contributed by atoms with Crippen molar-refractivity contribution in [2.75, 3.05) is 0 Å². The Morgan fingerprint density at radius 3 is 2.95 bits per heavy atom. The van der Waals surface area contributed by atoms with Crippen molar-refractivity contribution < 1.29 is 9.90 Å². The molecule has 1 N–H and O–H groups in total. The van der Waals surface area contributed by atoms with Crippen molar-refractivity contribution in [2.24, 2.45) is 0 Å². The van der Waals surface area contributed by atoms with E-state index in [0.717, 1.165) is 5.65 Å². The van der Waals surface area contributed by atoms with E-state index >= 15 is 0 Å². The molecule has 21 heavy (non-hydrogen) atoms. The number of aromatic nitrogens is 3. The van der Waals surface area contributed by atoms with Crippen LogP contribution in [0.25, 0.3) is 5.65 Å². The molecule has 102 valence electrons. The number of carboxylic acids is 1. The number of carbonyl (C=O) groups is 1. The molecule has 0 aliphatic heterocycles. The van der Waals surface area contributed by atoms with Crippen molar-refractivity contribution in [3.8, 4) is 11.8 Å². The monoisotopic (exact) mass is 277 g/mol. The summed E-state index contributed by atoms with van der Waals surface area (Å²) in [6.07, 6.45) is 5.12. The Balaban J connectivity index is 2.00. The fourth-order valence-corrected chi connectivity index (χ4v) is 2.02. The van der Waals surface area contributed by atoms with Crippen LogP contribution in [0, 0.1) is 18.8 Å². The van der Waals surface area contributed by atoms with Crippen LogP contribution in [0.5, 0.6) is 0 Å². The van der Waals surface area contributed by atoms with Crippen LogP contribution in [0.3, 0.4) is 0 Å². The van der Waals surface area contributed by atoms with E-state index in [4.69, 9.17) is 5.11 Å². The van der Waals surface area contributed by atoms with E-state index in [1.807, 2.05) is 0 Å². The lowest BCUT2D eigenvalue weighted by atomic mass is 10.0. The zero-order chi connectivity index (χ0) is 14.8. The Morgan fingerprint density at radius 2 is 2.14 bits per heavy atom. The summed E-state index contributed by atoms with van der Waals surface area (Å²) in [5.74, 6) is 5.02.